The first-order valence-electron chi connectivity index (χ1n) is 6.55. The second kappa shape index (κ2) is 5.09. The Hall–Kier alpha value is -2.14. The zero-order chi connectivity index (χ0) is 14.1. The molecule has 1 aliphatic rings. The number of hydrogen-bond acceptors (Lipinski definition) is 2. The van der Waals surface area contributed by atoms with Gasteiger partial charge in [-0.25, -0.2) is 4.39 Å². The van der Waals surface area contributed by atoms with Gasteiger partial charge in [0.05, 0.1) is 6.54 Å². The van der Waals surface area contributed by atoms with Crippen LogP contribution in [0.15, 0.2) is 36.4 Å². The van der Waals surface area contributed by atoms with Crippen molar-refractivity contribution in [2.45, 2.75) is 12.6 Å². The van der Waals surface area contributed by atoms with E-state index < -0.39 is 0 Å². The smallest absolute Gasteiger partial charge is 0.243 e. The summed E-state index contributed by atoms with van der Waals surface area (Å²) in [5.41, 5.74) is 1.77. The topological polar surface area (TPSA) is 48.1 Å². The summed E-state index contributed by atoms with van der Waals surface area (Å²) in [5, 5.41) is 3.91. The highest BCUT2D eigenvalue weighted by Gasteiger charge is 2.21. The second-order valence-electron chi connectivity index (χ2n) is 5.03. The molecule has 0 fully saturated rings. The van der Waals surface area contributed by atoms with E-state index in [0.717, 1.165) is 23.1 Å². The minimum atomic E-state index is -0.257. The number of hydrogen-bond donors (Lipinski definition) is 2. The lowest BCUT2D eigenvalue weighted by atomic mass is 10.2. The number of halogens is 1. The SMILES string of the molecule is CN(Cc1cc2cc(F)ccc2[nH]1)C(=O)C1C=CCN1. The van der Waals surface area contributed by atoms with E-state index in [9.17, 15) is 9.18 Å². The van der Waals surface area contributed by atoms with Crippen molar-refractivity contribution in [1.82, 2.24) is 15.2 Å². The number of likely N-dealkylation sites (N-methyl/N-ethyl adjacent to an activating group) is 1. The van der Waals surface area contributed by atoms with Crippen LogP contribution in [0.25, 0.3) is 10.9 Å². The maximum absolute atomic E-state index is 13.1. The van der Waals surface area contributed by atoms with Crippen molar-refractivity contribution in [3.05, 3.63) is 47.9 Å². The Kier molecular flexibility index (Phi) is 3.28. The molecule has 20 heavy (non-hydrogen) atoms. The average molecular weight is 273 g/mol. The summed E-state index contributed by atoms with van der Waals surface area (Å²) in [5.74, 6) is -0.226. The number of H-pyrrole nitrogens is 1. The number of fused-ring (bicyclic) bond motifs is 1. The van der Waals surface area contributed by atoms with E-state index in [-0.39, 0.29) is 17.8 Å². The van der Waals surface area contributed by atoms with Crippen LogP contribution in [-0.4, -0.2) is 35.4 Å². The maximum Gasteiger partial charge on any atom is 0.243 e. The molecule has 0 saturated heterocycles. The van der Waals surface area contributed by atoms with Crippen LogP contribution in [0.5, 0.6) is 0 Å². The molecule has 0 spiro atoms. The first-order chi connectivity index (χ1) is 9.63. The minimum Gasteiger partial charge on any atom is -0.357 e. The van der Waals surface area contributed by atoms with Crippen LogP contribution in [-0.2, 0) is 11.3 Å². The van der Waals surface area contributed by atoms with Crippen molar-refractivity contribution >= 4 is 16.8 Å². The predicted molar refractivity (Wildman–Crippen MR) is 75.7 cm³/mol. The Morgan fingerprint density at radius 3 is 3.05 bits per heavy atom. The van der Waals surface area contributed by atoms with Gasteiger partial charge in [0.15, 0.2) is 0 Å². The van der Waals surface area contributed by atoms with E-state index >= 15 is 0 Å². The van der Waals surface area contributed by atoms with Crippen LogP contribution in [0.4, 0.5) is 4.39 Å². The highest BCUT2D eigenvalue weighted by molar-refractivity contribution is 5.84. The normalized spacial score (nSPS) is 17.8. The second-order valence-corrected chi connectivity index (χ2v) is 5.03. The molecule has 3 rings (SSSR count). The monoisotopic (exact) mass is 273 g/mol. The molecule has 104 valence electrons. The molecule has 0 aliphatic carbocycles. The lowest BCUT2D eigenvalue weighted by Crippen LogP contribution is -2.41. The predicted octanol–water partition coefficient (Wildman–Crippen LogP) is 1.79. The number of aromatic nitrogens is 1. The van der Waals surface area contributed by atoms with Gasteiger partial charge in [-0.15, -0.1) is 0 Å². The summed E-state index contributed by atoms with van der Waals surface area (Å²) in [6.07, 6.45) is 3.82. The van der Waals surface area contributed by atoms with Gasteiger partial charge in [0.2, 0.25) is 5.91 Å². The minimum absolute atomic E-state index is 0.0311. The average Bonchev–Trinajstić information content (AvgIpc) is 3.05. The molecule has 1 amide bonds. The molecule has 2 aromatic rings. The van der Waals surface area contributed by atoms with Gasteiger partial charge in [0.1, 0.15) is 11.9 Å². The third kappa shape index (κ3) is 2.44. The molecule has 1 aliphatic heterocycles. The summed E-state index contributed by atoms with van der Waals surface area (Å²) in [4.78, 5) is 17.0. The van der Waals surface area contributed by atoms with Gasteiger partial charge in [0.25, 0.3) is 0 Å². The zero-order valence-electron chi connectivity index (χ0n) is 11.2. The largest absolute Gasteiger partial charge is 0.357 e. The summed E-state index contributed by atoms with van der Waals surface area (Å²) in [7, 11) is 1.77. The number of nitrogens with one attached hydrogen (secondary N) is 2. The number of aromatic amines is 1. The maximum atomic E-state index is 13.1. The Bertz CT molecular complexity index is 677. The number of carbonyl (C=O) groups is 1. The summed E-state index contributed by atoms with van der Waals surface area (Å²) >= 11 is 0. The van der Waals surface area contributed by atoms with Crippen molar-refractivity contribution in [1.29, 1.82) is 0 Å². The van der Waals surface area contributed by atoms with Crippen LogP contribution < -0.4 is 5.32 Å². The molecule has 1 aromatic heterocycles. The third-order valence-corrected chi connectivity index (χ3v) is 3.47. The van der Waals surface area contributed by atoms with Crippen molar-refractivity contribution in [2.75, 3.05) is 13.6 Å². The molecular weight excluding hydrogens is 257 g/mol. The Morgan fingerprint density at radius 2 is 2.30 bits per heavy atom. The van der Waals surface area contributed by atoms with E-state index in [0.29, 0.717) is 6.54 Å². The number of rotatable bonds is 3. The number of carbonyl (C=O) groups excluding carboxylic acids is 1. The van der Waals surface area contributed by atoms with Gasteiger partial charge < -0.3 is 9.88 Å². The molecule has 0 bridgehead atoms. The van der Waals surface area contributed by atoms with Gasteiger partial charge in [-0.2, -0.15) is 0 Å². The Morgan fingerprint density at radius 1 is 1.45 bits per heavy atom. The van der Waals surface area contributed by atoms with Crippen LogP contribution in [0.1, 0.15) is 5.69 Å². The Balaban J connectivity index is 1.75. The fraction of sp³-hybridized carbons (Fsp3) is 0.267. The van der Waals surface area contributed by atoms with Crippen LogP contribution >= 0.6 is 0 Å². The molecule has 1 unspecified atom stereocenters. The lowest BCUT2D eigenvalue weighted by molar-refractivity contribution is -0.131. The van der Waals surface area contributed by atoms with Crippen molar-refractivity contribution in [2.24, 2.45) is 0 Å². The quantitative estimate of drug-likeness (QED) is 0.838. The van der Waals surface area contributed by atoms with Crippen molar-refractivity contribution in [3.63, 3.8) is 0 Å². The van der Waals surface area contributed by atoms with Crippen molar-refractivity contribution in [3.8, 4) is 0 Å². The van der Waals surface area contributed by atoms with E-state index in [4.69, 9.17) is 0 Å². The molecule has 0 radical (unpaired) electrons. The fourth-order valence-corrected chi connectivity index (χ4v) is 2.46. The van der Waals surface area contributed by atoms with Crippen LogP contribution in [0, 0.1) is 5.82 Å². The van der Waals surface area contributed by atoms with Gasteiger partial charge in [-0.3, -0.25) is 10.1 Å². The van der Waals surface area contributed by atoms with Crippen molar-refractivity contribution < 1.29 is 9.18 Å². The highest BCUT2D eigenvalue weighted by Crippen LogP contribution is 2.17. The van der Waals surface area contributed by atoms with E-state index in [1.54, 1.807) is 18.0 Å². The molecular formula is C15H16FN3O. The summed E-state index contributed by atoms with van der Waals surface area (Å²) in [6, 6.07) is 6.25. The van der Waals surface area contributed by atoms with E-state index in [1.807, 2.05) is 18.2 Å². The Labute approximate surface area is 116 Å². The molecule has 2 heterocycles. The van der Waals surface area contributed by atoms with Gasteiger partial charge in [0, 0.05) is 30.2 Å². The van der Waals surface area contributed by atoms with E-state index in [1.165, 1.54) is 12.1 Å². The number of nitrogens with zero attached hydrogens (tertiary/aromatic N) is 1. The fourth-order valence-electron chi connectivity index (χ4n) is 2.46. The van der Waals surface area contributed by atoms with Gasteiger partial charge in [-0.05, 0) is 24.3 Å². The molecule has 1 atom stereocenters. The van der Waals surface area contributed by atoms with Crippen LogP contribution in [0.2, 0.25) is 0 Å². The van der Waals surface area contributed by atoms with Gasteiger partial charge in [-0.1, -0.05) is 12.2 Å². The zero-order valence-corrected chi connectivity index (χ0v) is 11.2. The molecule has 1 aromatic carbocycles. The lowest BCUT2D eigenvalue weighted by Gasteiger charge is -2.19. The third-order valence-electron chi connectivity index (χ3n) is 3.47. The molecule has 5 heteroatoms. The highest BCUT2D eigenvalue weighted by atomic mass is 19.1. The number of benzene rings is 1. The number of amides is 1. The van der Waals surface area contributed by atoms with E-state index in [2.05, 4.69) is 10.3 Å². The molecule has 0 saturated carbocycles. The molecule has 4 nitrogen and oxygen atoms in total. The summed E-state index contributed by atoms with van der Waals surface area (Å²) in [6.45, 7) is 1.21. The summed E-state index contributed by atoms with van der Waals surface area (Å²) < 4.78 is 13.1. The first kappa shape index (κ1) is 12.9. The van der Waals surface area contributed by atoms with Crippen LogP contribution in [0.3, 0.4) is 0 Å². The standard InChI is InChI=1S/C15H16FN3O/c1-19(15(20)14-3-2-6-17-14)9-12-8-10-7-11(16)4-5-13(10)18-12/h2-5,7-8,14,17-18H,6,9H2,1H3. The van der Waals surface area contributed by atoms with Gasteiger partial charge >= 0.3 is 0 Å². The molecule has 2 N–H and O–H groups in total. The first-order valence-corrected chi connectivity index (χ1v) is 6.55.